The van der Waals surface area contributed by atoms with Crippen LogP contribution < -0.4 is 5.73 Å². The second kappa shape index (κ2) is 6.72. The van der Waals surface area contributed by atoms with Crippen molar-refractivity contribution in [3.63, 3.8) is 0 Å². The smallest absolute Gasteiger partial charge is 0.255 e. The zero-order chi connectivity index (χ0) is 12.0. The van der Waals surface area contributed by atoms with E-state index >= 15 is 0 Å². The van der Waals surface area contributed by atoms with Gasteiger partial charge in [-0.05, 0) is 0 Å². The Kier molecular flexibility index (Phi) is 5.58. The van der Waals surface area contributed by atoms with E-state index in [9.17, 15) is 13.6 Å². The molecule has 94 valence electrons. The second-order valence-corrected chi connectivity index (χ2v) is 3.40. The van der Waals surface area contributed by atoms with Crippen LogP contribution in [0, 0.1) is 0 Å². The van der Waals surface area contributed by atoms with E-state index in [1.54, 1.807) is 0 Å². The lowest BCUT2D eigenvalue weighted by molar-refractivity contribution is -0.159. The van der Waals surface area contributed by atoms with Crippen molar-refractivity contribution in [1.29, 1.82) is 0 Å². The predicted octanol–water partition coefficient (Wildman–Crippen LogP) is -0.546. The normalized spacial score (nSPS) is 21.1. The highest BCUT2D eigenvalue weighted by Crippen LogP contribution is 2.07. The molecule has 5 nitrogen and oxygen atoms in total. The van der Waals surface area contributed by atoms with Gasteiger partial charge in [-0.3, -0.25) is 4.79 Å². The third-order valence-electron chi connectivity index (χ3n) is 2.16. The molecule has 1 rings (SSSR count). The summed E-state index contributed by atoms with van der Waals surface area (Å²) >= 11 is 0. The summed E-state index contributed by atoms with van der Waals surface area (Å²) in [5.41, 5.74) is 5.26. The minimum absolute atomic E-state index is 0.100. The van der Waals surface area contributed by atoms with Crippen molar-refractivity contribution in [2.24, 2.45) is 5.73 Å². The molecule has 1 unspecified atom stereocenters. The molecule has 1 saturated heterocycles. The molecule has 2 N–H and O–H groups in total. The molecule has 0 radical (unpaired) electrons. The SMILES string of the molecule is NCCN(CC(F)F)C(=O)C1COCCO1. The lowest BCUT2D eigenvalue weighted by atomic mass is 10.3. The van der Waals surface area contributed by atoms with E-state index in [2.05, 4.69) is 0 Å². The topological polar surface area (TPSA) is 64.8 Å². The molecule has 0 aliphatic carbocycles. The van der Waals surface area contributed by atoms with Gasteiger partial charge in [0.05, 0.1) is 26.4 Å². The summed E-state index contributed by atoms with van der Waals surface area (Å²) in [5, 5.41) is 0. The highest BCUT2D eigenvalue weighted by Gasteiger charge is 2.28. The molecule has 1 heterocycles. The number of carbonyl (C=O) groups excluding carboxylic acids is 1. The van der Waals surface area contributed by atoms with Crippen LogP contribution in [-0.4, -0.2) is 62.8 Å². The third kappa shape index (κ3) is 3.99. The van der Waals surface area contributed by atoms with Gasteiger partial charge in [-0.15, -0.1) is 0 Å². The zero-order valence-electron chi connectivity index (χ0n) is 8.90. The lowest BCUT2D eigenvalue weighted by Crippen LogP contribution is -2.48. The van der Waals surface area contributed by atoms with E-state index in [-0.39, 0.29) is 19.7 Å². The summed E-state index contributed by atoms with van der Waals surface area (Å²) in [6.07, 6.45) is -3.35. The molecule has 0 saturated carbocycles. The molecule has 16 heavy (non-hydrogen) atoms. The number of halogens is 2. The summed E-state index contributed by atoms with van der Waals surface area (Å²) in [7, 11) is 0. The van der Waals surface area contributed by atoms with E-state index in [1.807, 2.05) is 0 Å². The van der Waals surface area contributed by atoms with Gasteiger partial charge in [-0.2, -0.15) is 0 Å². The van der Waals surface area contributed by atoms with Crippen LogP contribution in [-0.2, 0) is 14.3 Å². The average Bonchev–Trinajstić information content (AvgIpc) is 2.28. The summed E-state index contributed by atoms with van der Waals surface area (Å²) in [4.78, 5) is 12.8. The van der Waals surface area contributed by atoms with Crippen LogP contribution in [0.2, 0.25) is 0 Å². The van der Waals surface area contributed by atoms with E-state index < -0.39 is 25.0 Å². The van der Waals surface area contributed by atoms with Crippen LogP contribution in [0.15, 0.2) is 0 Å². The Bertz CT molecular complexity index is 223. The molecule has 1 amide bonds. The van der Waals surface area contributed by atoms with Gasteiger partial charge in [0.15, 0.2) is 6.10 Å². The Morgan fingerprint density at radius 2 is 2.25 bits per heavy atom. The Balaban J connectivity index is 2.50. The number of hydrogen-bond donors (Lipinski definition) is 1. The average molecular weight is 238 g/mol. The van der Waals surface area contributed by atoms with E-state index in [0.29, 0.717) is 13.2 Å². The Hall–Kier alpha value is -0.790. The number of rotatable bonds is 5. The Labute approximate surface area is 92.5 Å². The van der Waals surface area contributed by atoms with Crippen LogP contribution in [0.4, 0.5) is 8.78 Å². The van der Waals surface area contributed by atoms with Crippen molar-refractivity contribution in [2.75, 3.05) is 39.5 Å². The number of nitrogens with two attached hydrogens (primary N) is 1. The number of ether oxygens (including phenoxy) is 2. The molecule has 0 spiro atoms. The van der Waals surface area contributed by atoms with E-state index in [4.69, 9.17) is 15.2 Å². The first kappa shape index (κ1) is 13.3. The van der Waals surface area contributed by atoms with E-state index in [1.165, 1.54) is 0 Å². The number of carbonyl (C=O) groups is 1. The van der Waals surface area contributed by atoms with Crippen molar-refractivity contribution in [3.05, 3.63) is 0 Å². The van der Waals surface area contributed by atoms with Gasteiger partial charge in [0.25, 0.3) is 12.3 Å². The lowest BCUT2D eigenvalue weighted by Gasteiger charge is -2.28. The van der Waals surface area contributed by atoms with Gasteiger partial charge in [0, 0.05) is 13.1 Å². The van der Waals surface area contributed by atoms with Crippen molar-refractivity contribution >= 4 is 5.91 Å². The van der Waals surface area contributed by atoms with E-state index in [0.717, 1.165) is 4.90 Å². The predicted molar refractivity (Wildman–Crippen MR) is 52.2 cm³/mol. The minimum Gasteiger partial charge on any atom is -0.376 e. The van der Waals surface area contributed by atoms with Gasteiger partial charge >= 0.3 is 0 Å². The Morgan fingerprint density at radius 3 is 2.75 bits per heavy atom. The first-order valence-electron chi connectivity index (χ1n) is 5.11. The third-order valence-corrected chi connectivity index (χ3v) is 2.16. The van der Waals surface area contributed by atoms with Gasteiger partial charge in [-0.1, -0.05) is 0 Å². The van der Waals surface area contributed by atoms with Crippen molar-refractivity contribution in [3.8, 4) is 0 Å². The Morgan fingerprint density at radius 1 is 1.50 bits per heavy atom. The van der Waals surface area contributed by atoms with Crippen molar-refractivity contribution in [2.45, 2.75) is 12.5 Å². The summed E-state index contributed by atoms with van der Waals surface area (Å²) < 4.78 is 34.6. The van der Waals surface area contributed by atoms with Gasteiger partial charge in [0.2, 0.25) is 0 Å². The van der Waals surface area contributed by atoms with Crippen LogP contribution in [0.5, 0.6) is 0 Å². The molecule has 1 aliphatic rings. The molecule has 0 aromatic heterocycles. The largest absolute Gasteiger partial charge is 0.376 e. The quantitative estimate of drug-likeness (QED) is 0.698. The van der Waals surface area contributed by atoms with Crippen molar-refractivity contribution in [1.82, 2.24) is 4.90 Å². The minimum atomic E-state index is -2.57. The fraction of sp³-hybridized carbons (Fsp3) is 0.889. The molecule has 7 heteroatoms. The van der Waals surface area contributed by atoms with Crippen molar-refractivity contribution < 1.29 is 23.0 Å². The first-order valence-corrected chi connectivity index (χ1v) is 5.11. The van der Waals surface area contributed by atoms with Gasteiger partial charge < -0.3 is 20.1 Å². The second-order valence-electron chi connectivity index (χ2n) is 3.40. The highest BCUT2D eigenvalue weighted by atomic mass is 19.3. The van der Waals surface area contributed by atoms with Gasteiger partial charge in [-0.25, -0.2) is 8.78 Å². The first-order chi connectivity index (χ1) is 7.65. The molecule has 1 atom stereocenters. The number of hydrogen-bond acceptors (Lipinski definition) is 4. The number of amides is 1. The van der Waals surface area contributed by atoms with Crippen LogP contribution in [0.1, 0.15) is 0 Å². The molecule has 0 aromatic rings. The maximum Gasteiger partial charge on any atom is 0.255 e. The maximum absolute atomic E-state index is 12.2. The molecular formula is C9H16F2N2O3. The molecule has 1 aliphatic heterocycles. The van der Waals surface area contributed by atoms with Crippen LogP contribution in [0.25, 0.3) is 0 Å². The number of nitrogens with zero attached hydrogens (tertiary/aromatic N) is 1. The standard InChI is InChI=1S/C9H16F2N2O3/c10-8(11)5-13(2-1-12)9(14)7-6-15-3-4-16-7/h7-8H,1-6,12H2. The molecular weight excluding hydrogens is 222 g/mol. The molecule has 1 fully saturated rings. The summed E-state index contributed by atoms with van der Waals surface area (Å²) in [6, 6.07) is 0. The van der Waals surface area contributed by atoms with Crippen LogP contribution in [0.3, 0.4) is 0 Å². The molecule has 0 bridgehead atoms. The summed E-state index contributed by atoms with van der Waals surface area (Å²) in [5.74, 6) is -0.481. The van der Waals surface area contributed by atoms with Gasteiger partial charge in [0.1, 0.15) is 0 Å². The monoisotopic (exact) mass is 238 g/mol. The highest BCUT2D eigenvalue weighted by molar-refractivity contribution is 5.81. The molecule has 0 aromatic carbocycles. The fourth-order valence-electron chi connectivity index (χ4n) is 1.45. The van der Waals surface area contributed by atoms with Crippen LogP contribution >= 0.6 is 0 Å². The number of alkyl halides is 2. The maximum atomic E-state index is 12.2. The fourth-order valence-corrected chi connectivity index (χ4v) is 1.45. The summed E-state index contributed by atoms with van der Waals surface area (Å²) in [6.45, 7) is 0.477. The zero-order valence-corrected chi connectivity index (χ0v) is 8.90.